The molecule has 0 saturated heterocycles. The van der Waals surface area contributed by atoms with Crippen LogP contribution in [0.5, 0.6) is 11.5 Å². The average Bonchev–Trinajstić information content (AvgIpc) is 2.34. The Labute approximate surface area is 102 Å². The predicted octanol–water partition coefficient (Wildman–Crippen LogP) is 0.971. The predicted molar refractivity (Wildman–Crippen MR) is 65.7 cm³/mol. The summed E-state index contributed by atoms with van der Waals surface area (Å²) in [5.41, 5.74) is 1.22. The Kier molecular flexibility index (Phi) is 4.23. The van der Waals surface area contributed by atoms with Crippen LogP contribution in [0.25, 0.3) is 0 Å². The van der Waals surface area contributed by atoms with Crippen LogP contribution in [0.4, 0.5) is 0 Å². The van der Waals surface area contributed by atoms with E-state index in [1.807, 2.05) is 12.1 Å². The normalized spacial score (nSPS) is 15.6. The maximum Gasteiger partial charge on any atom is 0.161 e. The van der Waals surface area contributed by atoms with Gasteiger partial charge in [0.1, 0.15) is 13.2 Å². The van der Waals surface area contributed by atoms with Crippen LogP contribution < -0.4 is 14.8 Å². The van der Waals surface area contributed by atoms with E-state index in [9.17, 15) is 0 Å². The largest absolute Gasteiger partial charge is 0.486 e. The molecule has 0 radical (unpaired) electrons. The van der Waals surface area contributed by atoms with Gasteiger partial charge < -0.3 is 19.9 Å². The van der Waals surface area contributed by atoms with Gasteiger partial charge in [-0.25, -0.2) is 0 Å². The molecule has 0 fully saturated rings. The Hall–Kier alpha value is -1.26. The van der Waals surface area contributed by atoms with E-state index in [0.29, 0.717) is 19.8 Å². The molecule has 1 aromatic rings. The molecule has 0 bridgehead atoms. The first-order valence-corrected chi connectivity index (χ1v) is 6.03. The fourth-order valence-electron chi connectivity index (χ4n) is 1.79. The molecular weight excluding hydrogens is 218 g/mol. The number of hydrogen-bond acceptors (Lipinski definition) is 4. The molecule has 1 heterocycles. The van der Waals surface area contributed by atoms with Crippen LogP contribution in [-0.2, 0) is 6.42 Å². The fraction of sp³-hybridized carbons (Fsp3) is 0.538. The second-order valence-corrected chi connectivity index (χ2v) is 4.28. The van der Waals surface area contributed by atoms with Crippen LogP contribution in [0.15, 0.2) is 18.2 Å². The van der Waals surface area contributed by atoms with Gasteiger partial charge in [0.25, 0.3) is 0 Å². The molecule has 2 N–H and O–H groups in total. The quantitative estimate of drug-likeness (QED) is 0.749. The zero-order valence-electron chi connectivity index (χ0n) is 10.1. The summed E-state index contributed by atoms with van der Waals surface area (Å²) in [7, 11) is 0. The smallest absolute Gasteiger partial charge is 0.161 e. The summed E-state index contributed by atoms with van der Waals surface area (Å²) in [6, 6.07) is 6.04. The van der Waals surface area contributed by atoms with E-state index in [0.717, 1.165) is 24.5 Å². The molecule has 1 aromatic carbocycles. The zero-order chi connectivity index (χ0) is 12.1. The van der Waals surface area contributed by atoms with E-state index >= 15 is 0 Å². The van der Waals surface area contributed by atoms with Crippen molar-refractivity contribution >= 4 is 0 Å². The van der Waals surface area contributed by atoms with Gasteiger partial charge in [-0.2, -0.15) is 0 Å². The summed E-state index contributed by atoms with van der Waals surface area (Å²) < 4.78 is 11.0. The highest BCUT2D eigenvalue weighted by Gasteiger charge is 2.11. The van der Waals surface area contributed by atoms with Crippen molar-refractivity contribution in [2.75, 3.05) is 26.3 Å². The van der Waals surface area contributed by atoms with Crippen LogP contribution >= 0.6 is 0 Å². The first-order chi connectivity index (χ1) is 8.25. The number of rotatable bonds is 5. The summed E-state index contributed by atoms with van der Waals surface area (Å²) in [4.78, 5) is 0. The number of aliphatic hydroxyl groups is 1. The van der Waals surface area contributed by atoms with Crippen LogP contribution in [-0.4, -0.2) is 37.5 Å². The van der Waals surface area contributed by atoms with E-state index < -0.39 is 0 Å². The molecule has 0 aliphatic carbocycles. The molecule has 0 aromatic heterocycles. The van der Waals surface area contributed by atoms with Crippen molar-refractivity contribution in [3.05, 3.63) is 23.8 Å². The van der Waals surface area contributed by atoms with Crippen LogP contribution in [0, 0.1) is 0 Å². The number of hydrogen-bond donors (Lipinski definition) is 2. The van der Waals surface area contributed by atoms with E-state index in [2.05, 4.69) is 11.4 Å². The van der Waals surface area contributed by atoms with E-state index in [-0.39, 0.29) is 6.10 Å². The van der Waals surface area contributed by atoms with E-state index in [1.165, 1.54) is 5.56 Å². The third-order valence-electron chi connectivity index (χ3n) is 2.64. The Morgan fingerprint density at radius 3 is 2.82 bits per heavy atom. The lowest BCUT2D eigenvalue weighted by molar-refractivity contribution is 0.171. The number of aliphatic hydroxyl groups excluding tert-OH is 1. The number of benzene rings is 1. The molecule has 4 heteroatoms. The third-order valence-corrected chi connectivity index (χ3v) is 2.64. The second kappa shape index (κ2) is 5.89. The van der Waals surface area contributed by atoms with Crippen molar-refractivity contribution in [1.82, 2.24) is 5.32 Å². The highest BCUT2D eigenvalue weighted by atomic mass is 16.6. The van der Waals surface area contributed by atoms with Gasteiger partial charge in [-0.05, 0) is 37.6 Å². The topological polar surface area (TPSA) is 50.7 Å². The molecule has 1 aliphatic rings. The Morgan fingerprint density at radius 2 is 2.06 bits per heavy atom. The van der Waals surface area contributed by atoms with Crippen molar-refractivity contribution in [1.29, 1.82) is 0 Å². The van der Waals surface area contributed by atoms with E-state index in [4.69, 9.17) is 14.6 Å². The van der Waals surface area contributed by atoms with Crippen molar-refractivity contribution in [3.8, 4) is 11.5 Å². The van der Waals surface area contributed by atoms with Gasteiger partial charge in [0.15, 0.2) is 11.5 Å². The lowest BCUT2D eigenvalue weighted by Gasteiger charge is -2.18. The minimum atomic E-state index is -0.296. The number of nitrogens with one attached hydrogen (secondary N) is 1. The molecule has 0 saturated carbocycles. The fourth-order valence-corrected chi connectivity index (χ4v) is 1.79. The third kappa shape index (κ3) is 3.61. The Morgan fingerprint density at radius 1 is 1.29 bits per heavy atom. The summed E-state index contributed by atoms with van der Waals surface area (Å²) in [5, 5.41) is 12.3. The molecular formula is C13H19NO3. The lowest BCUT2D eigenvalue weighted by atomic mass is 10.1. The number of fused-ring (bicyclic) bond motifs is 1. The Bertz CT molecular complexity index is 366. The molecule has 2 rings (SSSR count). The standard InChI is InChI=1S/C13H19NO3/c1-10(15)9-14-5-4-11-2-3-12-13(8-11)17-7-6-16-12/h2-3,8,10,14-15H,4-7,9H2,1H3. The first-order valence-electron chi connectivity index (χ1n) is 6.03. The molecule has 1 atom stereocenters. The minimum Gasteiger partial charge on any atom is -0.486 e. The molecule has 1 unspecified atom stereocenters. The van der Waals surface area contributed by atoms with Gasteiger partial charge in [0.05, 0.1) is 6.10 Å². The highest BCUT2D eigenvalue weighted by Crippen LogP contribution is 2.30. The summed E-state index contributed by atoms with van der Waals surface area (Å²) in [6.45, 7) is 4.51. The van der Waals surface area contributed by atoms with Gasteiger partial charge in [0.2, 0.25) is 0 Å². The maximum atomic E-state index is 9.11. The molecule has 17 heavy (non-hydrogen) atoms. The second-order valence-electron chi connectivity index (χ2n) is 4.28. The summed E-state index contributed by atoms with van der Waals surface area (Å²) in [5.74, 6) is 1.67. The highest BCUT2D eigenvalue weighted by molar-refractivity contribution is 5.43. The van der Waals surface area contributed by atoms with Gasteiger partial charge in [-0.15, -0.1) is 0 Å². The van der Waals surface area contributed by atoms with Gasteiger partial charge in [-0.3, -0.25) is 0 Å². The summed E-state index contributed by atoms with van der Waals surface area (Å²) >= 11 is 0. The van der Waals surface area contributed by atoms with E-state index in [1.54, 1.807) is 6.92 Å². The van der Waals surface area contributed by atoms with Crippen molar-refractivity contribution in [2.45, 2.75) is 19.4 Å². The molecule has 94 valence electrons. The molecule has 1 aliphatic heterocycles. The SMILES string of the molecule is CC(O)CNCCc1ccc2c(c1)OCCO2. The zero-order valence-corrected chi connectivity index (χ0v) is 10.1. The van der Waals surface area contributed by atoms with Crippen molar-refractivity contribution < 1.29 is 14.6 Å². The maximum absolute atomic E-state index is 9.11. The van der Waals surface area contributed by atoms with Gasteiger partial charge in [-0.1, -0.05) is 6.07 Å². The number of ether oxygens (including phenoxy) is 2. The summed E-state index contributed by atoms with van der Waals surface area (Å²) in [6.07, 6.45) is 0.624. The average molecular weight is 237 g/mol. The Balaban J connectivity index is 1.85. The molecule has 0 spiro atoms. The van der Waals surface area contributed by atoms with Gasteiger partial charge in [0, 0.05) is 6.54 Å². The van der Waals surface area contributed by atoms with Crippen LogP contribution in [0.3, 0.4) is 0 Å². The minimum absolute atomic E-state index is 0.296. The van der Waals surface area contributed by atoms with Crippen LogP contribution in [0.1, 0.15) is 12.5 Å². The lowest BCUT2D eigenvalue weighted by Crippen LogP contribution is -2.26. The van der Waals surface area contributed by atoms with Gasteiger partial charge >= 0.3 is 0 Å². The monoisotopic (exact) mass is 237 g/mol. The van der Waals surface area contributed by atoms with Crippen LogP contribution in [0.2, 0.25) is 0 Å². The van der Waals surface area contributed by atoms with Crippen molar-refractivity contribution in [2.24, 2.45) is 0 Å². The first kappa shape index (κ1) is 12.2. The van der Waals surface area contributed by atoms with Crippen molar-refractivity contribution in [3.63, 3.8) is 0 Å². The molecule has 0 amide bonds. The molecule has 4 nitrogen and oxygen atoms in total.